The van der Waals surface area contributed by atoms with Gasteiger partial charge in [-0.25, -0.2) is 9.13 Å². The van der Waals surface area contributed by atoms with Gasteiger partial charge in [-0.05, 0) is 77.0 Å². The van der Waals surface area contributed by atoms with Crippen LogP contribution in [-0.2, 0) is 65.4 Å². The fourth-order valence-electron chi connectivity index (χ4n) is 9.80. The Morgan fingerprint density at radius 2 is 0.617 bits per heavy atom. The number of hydrogen-bond acceptors (Lipinski definition) is 15. The molecule has 0 aromatic carbocycles. The second kappa shape index (κ2) is 67.8. The van der Waals surface area contributed by atoms with Gasteiger partial charge in [-0.3, -0.25) is 37.3 Å². The number of esters is 4. The van der Waals surface area contributed by atoms with Crippen molar-refractivity contribution < 1.29 is 80.2 Å². The van der Waals surface area contributed by atoms with E-state index in [-0.39, 0.29) is 25.7 Å². The summed E-state index contributed by atoms with van der Waals surface area (Å²) in [5, 5.41) is 10.6. The maximum atomic E-state index is 13.0. The molecule has 19 heteroatoms. The normalized spacial score (nSPS) is 14.5. The number of aliphatic hydroxyl groups excluding tert-OH is 1. The van der Waals surface area contributed by atoms with Crippen molar-refractivity contribution in [2.45, 2.75) is 329 Å². The van der Waals surface area contributed by atoms with Crippen molar-refractivity contribution >= 4 is 39.5 Å². The number of phosphoric acid groups is 2. The van der Waals surface area contributed by atoms with Gasteiger partial charge in [0.1, 0.15) is 19.3 Å². The topological polar surface area (TPSA) is 237 Å². The van der Waals surface area contributed by atoms with Crippen LogP contribution in [0.1, 0.15) is 310 Å². The highest BCUT2D eigenvalue weighted by atomic mass is 31.2. The highest BCUT2D eigenvalue weighted by Crippen LogP contribution is 2.45. The number of unbranched alkanes of at least 4 members (excludes halogenated alkanes) is 30. The van der Waals surface area contributed by atoms with E-state index in [0.29, 0.717) is 25.7 Å². The van der Waals surface area contributed by atoms with Crippen molar-refractivity contribution in [2.75, 3.05) is 39.6 Å². The van der Waals surface area contributed by atoms with Crippen molar-refractivity contribution in [3.05, 3.63) is 85.1 Å². The number of aliphatic hydroxyl groups is 1. The van der Waals surface area contributed by atoms with Gasteiger partial charge in [0.2, 0.25) is 0 Å². The van der Waals surface area contributed by atoms with Crippen molar-refractivity contribution in [1.82, 2.24) is 0 Å². The van der Waals surface area contributed by atoms with E-state index in [9.17, 15) is 43.2 Å². The summed E-state index contributed by atoms with van der Waals surface area (Å²) < 4.78 is 68.2. The van der Waals surface area contributed by atoms with Crippen molar-refractivity contribution in [2.24, 2.45) is 0 Å². The second-order valence-corrected chi connectivity index (χ2v) is 27.4. The summed E-state index contributed by atoms with van der Waals surface area (Å²) in [6.45, 7) is 4.58. The monoisotopic (exact) mass is 1370 g/mol. The molecular formula is C75H132O17P2. The minimum Gasteiger partial charge on any atom is -0.462 e. The first-order valence-corrected chi connectivity index (χ1v) is 39.8. The predicted molar refractivity (Wildman–Crippen MR) is 381 cm³/mol. The molecule has 0 aliphatic rings. The zero-order valence-electron chi connectivity index (χ0n) is 59.1. The molecule has 94 heavy (non-hydrogen) atoms. The summed E-state index contributed by atoms with van der Waals surface area (Å²) >= 11 is 0. The SMILES string of the molecule is CC/C=C\C/C=C\C/C=C\C/C=C\C/C=C\CC(=O)OCC(COP(=O)(O)OCC(O)COP(=O)(O)OCC(COC(=O)CCCCCCC/C=C\C/C=C\CCC)OC(=O)CCCCCCCCCCCCC)OC(=O)CCCCCCCCCCCCCCCCC. The Labute approximate surface area is 570 Å². The Hall–Kier alpha value is -3.76. The molecule has 544 valence electrons. The standard InChI is InChI=1S/C75H132O17P2/c1-5-9-13-17-21-25-29-32-34-37-41-44-48-52-56-60-73(78)86-66-71(92-75(80)62-58-54-50-46-42-38-35-33-30-26-22-18-14-10-6-2)68-90-94(83,84)88-64-69(76)63-87-93(81,82)89-67-70(91-74(79)61-57-53-49-45-39-28-24-20-16-12-8-4)65-85-72(77)59-55-51-47-43-40-36-31-27-23-19-15-11-7-3/h9,13,15,19,21,25,27,31-32,34,41,44,52,56,69-71,76H,5-8,10-12,14,16-18,20,22-24,26,28-30,33,35-40,42-43,45-51,53-55,57-68H2,1-4H3,(H,81,82)(H,83,84)/b13-9-,19-15-,25-21-,31-27-,34-32-,44-41-,56-52-. The third-order valence-electron chi connectivity index (χ3n) is 15.4. The van der Waals surface area contributed by atoms with Crippen LogP contribution in [0.25, 0.3) is 0 Å². The highest BCUT2D eigenvalue weighted by Gasteiger charge is 2.30. The predicted octanol–water partition coefficient (Wildman–Crippen LogP) is 20.7. The lowest BCUT2D eigenvalue weighted by Gasteiger charge is -2.21. The first-order chi connectivity index (χ1) is 45.7. The van der Waals surface area contributed by atoms with E-state index in [1.807, 2.05) is 18.2 Å². The molecule has 0 aromatic heterocycles. The molecule has 0 aromatic rings. The lowest BCUT2D eigenvalue weighted by atomic mass is 10.0. The molecule has 0 aliphatic heterocycles. The van der Waals surface area contributed by atoms with Crippen molar-refractivity contribution in [1.29, 1.82) is 0 Å². The highest BCUT2D eigenvalue weighted by molar-refractivity contribution is 7.47. The summed E-state index contributed by atoms with van der Waals surface area (Å²) in [6.07, 6.45) is 67.6. The maximum absolute atomic E-state index is 13.0. The van der Waals surface area contributed by atoms with Crippen LogP contribution in [0.2, 0.25) is 0 Å². The van der Waals surface area contributed by atoms with Crippen LogP contribution in [0.3, 0.4) is 0 Å². The molecule has 5 atom stereocenters. The largest absolute Gasteiger partial charge is 0.472 e. The quantitative estimate of drug-likeness (QED) is 0.0169. The van der Waals surface area contributed by atoms with Crippen molar-refractivity contribution in [3.63, 3.8) is 0 Å². The lowest BCUT2D eigenvalue weighted by Crippen LogP contribution is -2.30. The zero-order valence-corrected chi connectivity index (χ0v) is 60.9. The van der Waals surface area contributed by atoms with Crippen LogP contribution in [-0.4, -0.2) is 96.7 Å². The van der Waals surface area contributed by atoms with E-state index < -0.39 is 97.5 Å². The fraction of sp³-hybridized carbons (Fsp3) is 0.760. The Bertz CT molecular complexity index is 2120. The van der Waals surface area contributed by atoms with Crippen LogP contribution in [0.15, 0.2) is 85.1 Å². The summed E-state index contributed by atoms with van der Waals surface area (Å²) in [7, 11) is -9.96. The minimum atomic E-state index is -4.99. The fourth-order valence-corrected chi connectivity index (χ4v) is 11.4. The Kier molecular flexibility index (Phi) is 65.1. The van der Waals surface area contributed by atoms with Crippen LogP contribution in [0.4, 0.5) is 0 Å². The summed E-state index contributed by atoms with van der Waals surface area (Å²) in [5.41, 5.74) is 0. The van der Waals surface area contributed by atoms with Gasteiger partial charge < -0.3 is 33.8 Å². The van der Waals surface area contributed by atoms with Gasteiger partial charge in [0, 0.05) is 19.3 Å². The molecule has 3 N–H and O–H groups in total. The van der Waals surface area contributed by atoms with Gasteiger partial charge >= 0.3 is 39.5 Å². The number of carbonyl (C=O) groups excluding carboxylic acids is 4. The van der Waals surface area contributed by atoms with E-state index in [1.54, 1.807) is 6.08 Å². The molecule has 0 heterocycles. The maximum Gasteiger partial charge on any atom is 0.472 e. The molecule has 0 bridgehead atoms. The van der Waals surface area contributed by atoms with E-state index in [4.69, 9.17) is 37.0 Å². The van der Waals surface area contributed by atoms with E-state index in [2.05, 4.69) is 88.5 Å². The molecule has 0 amide bonds. The Morgan fingerprint density at radius 3 is 0.989 bits per heavy atom. The molecule has 0 rings (SSSR count). The van der Waals surface area contributed by atoms with Gasteiger partial charge in [0.25, 0.3) is 0 Å². The van der Waals surface area contributed by atoms with E-state index >= 15 is 0 Å². The van der Waals surface area contributed by atoms with Crippen LogP contribution < -0.4 is 0 Å². The molecule has 0 saturated carbocycles. The third-order valence-corrected chi connectivity index (χ3v) is 17.3. The number of rotatable bonds is 69. The Balaban J connectivity index is 5.38. The number of ether oxygens (including phenoxy) is 4. The smallest absolute Gasteiger partial charge is 0.462 e. The van der Waals surface area contributed by atoms with Gasteiger partial charge in [-0.1, -0.05) is 293 Å². The third kappa shape index (κ3) is 66.8. The average Bonchev–Trinajstić information content (AvgIpc) is 1.36. The average molecular weight is 1370 g/mol. The van der Waals surface area contributed by atoms with Gasteiger partial charge in [-0.15, -0.1) is 0 Å². The second-order valence-electron chi connectivity index (χ2n) is 24.5. The van der Waals surface area contributed by atoms with Crippen molar-refractivity contribution in [3.8, 4) is 0 Å². The van der Waals surface area contributed by atoms with Gasteiger partial charge in [-0.2, -0.15) is 0 Å². The zero-order chi connectivity index (χ0) is 69.0. The van der Waals surface area contributed by atoms with Crippen LogP contribution in [0.5, 0.6) is 0 Å². The molecule has 0 radical (unpaired) electrons. The first kappa shape index (κ1) is 90.2. The van der Waals surface area contributed by atoms with E-state index in [0.717, 1.165) is 128 Å². The molecular weight excluding hydrogens is 1230 g/mol. The molecule has 17 nitrogen and oxygen atoms in total. The number of carbonyl (C=O) groups is 4. The molecule has 0 saturated heterocycles. The molecule has 0 fully saturated rings. The summed E-state index contributed by atoms with van der Waals surface area (Å²) in [4.78, 5) is 72.6. The van der Waals surface area contributed by atoms with Gasteiger partial charge in [0.05, 0.1) is 32.8 Å². The minimum absolute atomic E-state index is 0.0676. The van der Waals surface area contributed by atoms with Crippen LogP contribution >= 0.6 is 15.6 Å². The molecule has 5 unspecified atom stereocenters. The summed E-state index contributed by atoms with van der Waals surface area (Å²) in [6, 6.07) is 0. The van der Waals surface area contributed by atoms with E-state index in [1.165, 1.54) is 103 Å². The number of phosphoric ester groups is 2. The number of hydrogen-bond donors (Lipinski definition) is 3. The number of allylic oxidation sites excluding steroid dienone is 13. The van der Waals surface area contributed by atoms with Gasteiger partial charge in [0.15, 0.2) is 12.2 Å². The molecule has 0 aliphatic carbocycles. The molecule has 0 spiro atoms. The Morgan fingerprint density at radius 1 is 0.319 bits per heavy atom. The first-order valence-electron chi connectivity index (χ1n) is 36.8. The summed E-state index contributed by atoms with van der Waals surface area (Å²) in [5.74, 6) is -2.32. The van der Waals surface area contributed by atoms with Crippen LogP contribution in [0, 0.1) is 0 Å². The lowest BCUT2D eigenvalue weighted by molar-refractivity contribution is -0.161.